The molecule has 1 N–H and O–H groups in total. The Balaban J connectivity index is 1.57. The summed E-state index contributed by atoms with van der Waals surface area (Å²) in [6.45, 7) is 3.98. The van der Waals surface area contributed by atoms with Crippen LogP contribution in [0.4, 0.5) is 4.39 Å². The SMILES string of the molecule is CC(C)CNC(=O)[C@@H](Cc1ccccc1)N(Cc1ccccc1F)C(=O)CCCN1C(=O)c2ccccc2S1(=O)=O. The molecule has 8 nitrogen and oxygen atoms in total. The Morgan fingerprint density at radius 1 is 0.951 bits per heavy atom. The van der Waals surface area contributed by atoms with Gasteiger partial charge in [-0.1, -0.05) is 74.5 Å². The summed E-state index contributed by atoms with van der Waals surface area (Å²) in [5.41, 5.74) is 1.18. The van der Waals surface area contributed by atoms with Crippen molar-refractivity contribution in [1.82, 2.24) is 14.5 Å². The molecule has 1 aliphatic heterocycles. The highest BCUT2D eigenvalue weighted by Gasteiger charge is 2.40. The van der Waals surface area contributed by atoms with Gasteiger partial charge in [-0.3, -0.25) is 14.4 Å². The molecule has 1 atom stereocenters. The van der Waals surface area contributed by atoms with Crippen LogP contribution >= 0.6 is 0 Å². The predicted octanol–water partition coefficient (Wildman–Crippen LogP) is 4.16. The van der Waals surface area contributed by atoms with E-state index in [4.69, 9.17) is 0 Å². The first-order valence-electron chi connectivity index (χ1n) is 13.6. The molecule has 0 radical (unpaired) electrons. The van der Waals surface area contributed by atoms with Crippen LogP contribution in [0.25, 0.3) is 0 Å². The van der Waals surface area contributed by atoms with E-state index in [0.29, 0.717) is 6.54 Å². The van der Waals surface area contributed by atoms with Gasteiger partial charge in [-0.15, -0.1) is 0 Å². The highest BCUT2D eigenvalue weighted by atomic mass is 32.2. The lowest BCUT2D eigenvalue weighted by molar-refractivity contribution is -0.141. The Hall–Kier alpha value is -4.05. The van der Waals surface area contributed by atoms with E-state index in [-0.39, 0.29) is 60.2 Å². The third-order valence-corrected chi connectivity index (χ3v) is 8.76. The van der Waals surface area contributed by atoms with Crippen LogP contribution in [0.15, 0.2) is 83.8 Å². The van der Waals surface area contributed by atoms with Gasteiger partial charge in [0.15, 0.2) is 0 Å². The van der Waals surface area contributed by atoms with Gasteiger partial charge in [-0.05, 0) is 36.1 Å². The molecule has 3 aromatic rings. The van der Waals surface area contributed by atoms with E-state index in [0.717, 1.165) is 9.87 Å². The van der Waals surface area contributed by atoms with Crippen LogP contribution in [0.2, 0.25) is 0 Å². The second-order valence-electron chi connectivity index (χ2n) is 10.4. The largest absolute Gasteiger partial charge is 0.354 e. The number of rotatable bonds is 12. The first kappa shape index (κ1) is 29.9. The van der Waals surface area contributed by atoms with Gasteiger partial charge < -0.3 is 10.2 Å². The van der Waals surface area contributed by atoms with Gasteiger partial charge in [0.25, 0.3) is 15.9 Å². The fraction of sp³-hybridized carbons (Fsp3) is 0.323. The molecule has 3 amide bonds. The Bertz CT molecular complexity index is 1510. The van der Waals surface area contributed by atoms with Crippen molar-refractivity contribution >= 4 is 27.7 Å². The number of carbonyl (C=O) groups excluding carboxylic acids is 3. The number of halogens is 1. The maximum Gasteiger partial charge on any atom is 0.269 e. The highest BCUT2D eigenvalue weighted by molar-refractivity contribution is 7.90. The minimum Gasteiger partial charge on any atom is -0.354 e. The Morgan fingerprint density at radius 3 is 2.29 bits per heavy atom. The second kappa shape index (κ2) is 13.1. The molecular formula is C31H34FN3O5S. The lowest BCUT2D eigenvalue weighted by Gasteiger charge is -2.32. The van der Waals surface area contributed by atoms with E-state index in [1.807, 2.05) is 44.2 Å². The van der Waals surface area contributed by atoms with Crippen LogP contribution in [0.3, 0.4) is 0 Å². The lowest BCUT2D eigenvalue weighted by Crippen LogP contribution is -2.51. The average Bonchev–Trinajstić information content (AvgIpc) is 3.15. The predicted molar refractivity (Wildman–Crippen MR) is 153 cm³/mol. The van der Waals surface area contributed by atoms with Gasteiger partial charge in [0, 0.05) is 38.0 Å². The molecule has 1 heterocycles. The van der Waals surface area contributed by atoms with Crippen molar-refractivity contribution in [2.24, 2.45) is 5.92 Å². The van der Waals surface area contributed by atoms with Crippen molar-refractivity contribution in [2.45, 2.75) is 50.6 Å². The summed E-state index contributed by atoms with van der Waals surface area (Å²) in [5, 5.41) is 2.91. The number of fused-ring (bicyclic) bond motifs is 1. The van der Waals surface area contributed by atoms with Crippen LogP contribution in [-0.2, 0) is 32.6 Å². The summed E-state index contributed by atoms with van der Waals surface area (Å²) in [6.07, 6.45) is 0.101. The van der Waals surface area contributed by atoms with Gasteiger partial charge in [-0.2, -0.15) is 0 Å². The fourth-order valence-corrected chi connectivity index (χ4v) is 6.36. The molecule has 0 unspecified atom stereocenters. The number of nitrogens with zero attached hydrogens (tertiary/aromatic N) is 2. The van der Waals surface area contributed by atoms with Gasteiger partial charge in [-0.25, -0.2) is 17.1 Å². The lowest BCUT2D eigenvalue weighted by atomic mass is 10.0. The molecule has 0 fully saturated rings. The molecule has 1 aliphatic rings. The first-order valence-corrected chi connectivity index (χ1v) is 15.0. The Labute approximate surface area is 240 Å². The summed E-state index contributed by atoms with van der Waals surface area (Å²) >= 11 is 0. The van der Waals surface area contributed by atoms with E-state index >= 15 is 0 Å². The number of carbonyl (C=O) groups is 3. The van der Waals surface area contributed by atoms with Crippen molar-refractivity contribution in [2.75, 3.05) is 13.1 Å². The standard InChI is InChI=1S/C31H34FN3O5S/c1-22(2)20-33-30(37)27(19-23-11-4-3-5-12-23)34(21-24-13-6-8-15-26(24)32)29(36)17-10-18-35-31(38)25-14-7-9-16-28(25)41(35,39)40/h3-9,11-16,22,27H,10,17-21H2,1-2H3,(H,33,37)/t27-/m1/s1. The molecule has 0 aliphatic carbocycles. The van der Waals surface area contributed by atoms with Gasteiger partial charge >= 0.3 is 0 Å². The van der Waals surface area contributed by atoms with Crippen molar-refractivity contribution in [3.63, 3.8) is 0 Å². The van der Waals surface area contributed by atoms with E-state index in [2.05, 4.69) is 5.32 Å². The number of hydrogen-bond donors (Lipinski definition) is 1. The molecule has 0 aromatic heterocycles. The molecule has 0 spiro atoms. The number of hydrogen-bond acceptors (Lipinski definition) is 5. The van der Waals surface area contributed by atoms with Crippen molar-refractivity contribution < 1.29 is 27.2 Å². The molecule has 4 rings (SSSR count). The van der Waals surface area contributed by atoms with Crippen molar-refractivity contribution in [1.29, 1.82) is 0 Å². The van der Waals surface area contributed by atoms with E-state index in [9.17, 15) is 27.2 Å². The number of amides is 3. The zero-order valence-electron chi connectivity index (χ0n) is 23.1. The zero-order valence-corrected chi connectivity index (χ0v) is 23.9. The molecule has 0 saturated carbocycles. The van der Waals surface area contributed by atoms with E-state index < -0.39 is 33.7 Å². The summed E-state index contributed by atoms with van der Waals surface area (Å²) in [4.78, 5) is 41.3. The summed E-state index contributed by atoms with van der Waals surface area (Å²) in [7, 11) is -4.01. The molecule has 216 valence electrons. The minimum absolute atomic E-state index is 0.0389. The van der Waals surface area contributed by atoms with E-state index in [1.54, 1.807) is 30.3 Å². The Kier molecular flexibility index (Phi) is 9.54. The number of sulfonamides is 1. The monoisotopic (exact) mass is 579 g/mol. The molecule has 3 aromatic carbocycles. The molecule has 41 heavy (non-hydrogen) atoms. The molecule has 0 saturated heterocycles. The van der Waals surface area contributed by atoms with Gasteiger partial charge in [0.2, 0.25) is 11.8 Å². The Morgan fingerprint density at radius 2 is 1.61 bits per heavy atom. The minimum atomic E-state index is -4.01. The summed E-state index contributed by atoms with van der Waals surface area (Å²) < 4.78 is 41.4. The molecule has 0 bridgehead atoms. The van der Waals surface area contributed by atoms with Crippen LogP contribution in [0, 0.1) is 11.7 Å². The van der Waals surface area contributed by atoms with E-state index in [1.165, 1.54) is 23.1 Å². The van der Waals surface area contributed by atoms with Gasteiger partial charge in [0.05, 0.1) is 5.56 Å². The van der Waals surface area contributed by atoms with Gasteiger partial charge in [0.1, 0.15) is 16.8 Å². The van der Waals surface area contributed by atoms with Crippen LogP contribution in [0.5, 0.6) is 0 Å². The van der Waals surface area contributed by atoms with Crippen molar-refractivity contribution in [3.05, 3.63) is 101 Å². The normalized spacial score (nSPS) is 14.5. The third-order valence-electron chi connectivity index (χ3n) is 6.92. The third kappa shape index (κ3) is 7.00. The maximum atomic E-state index is 14.7. The number of benzene rings is 3. The summed E-state index contributed by atoms with van der Waals surface area (Å²) in [5.74, 6) is -1.77. The quantitative estimate of drug-likeness (QED) is 0.347. The fourth-order valence-electron chi connectivity index (χ4n) is 4.76. The van der Waals surface area contributed by atoms with Crippen LogP contribution in [-0.4, -0.2) is 54.5 Å². The maximum absolute atomic E-state index is 14.7. The average molecular weight is 580 g/mol. The zero-order chi connectivity index (χ0) is 29.6. The second-order valence-corrected chi connectivity index (χ2v) is 12.3. The number of nitrogens with one attached hydrogen (secondary N) is 1. The topological polar surface area (TPSA) is 104 Å². The molecule has 10 heteroatoms. The van der Waals surface area contributed by atoms with Crippen molar-refractivity contribution in [3.8, 4) is 0 Å². The van der Waals surface area contributed by atoms with Crippen LogP contribution < -0.4 is 5.32 Å². The molecular weight excluding hydrogens is 545 g/mol. The highest BCUT2D eigenvalue weighted by Crippen LogP contribution is 2.30. The van der Waals surface area contributed by atoms with Crippen LogP contribution in [0.1, 0.15) is 48.2 Å². The summed E-state index contributed by atoms with van der Waals surface area (Å²) in [6, 6.07) is 20.4. The first-order chi connectivity index (χ1) is 19.6. The smallest absolute Gasteiger partial charge is 0.269 e.